The van der Waals surface area contributed by atoms with Crippen molar-refractivity contribution in [3.8, 4) is 0 Å². The summed E-state index contributed by atoms with van der Waals surface area (Å²) in [6.45, 7) is 8.21. The van der Waals surface area contributed by atoms with Crippen LogP contribution in [0.2, 0.25) is 0 Å². The van der Waals surface area contributed by atoms with E-state index in [2.05, 4.69) is 6.07 Å². The van der Waals surface area contributed by atoms with Crippen LogP contribution in [-0.2, 0) is 27.3 Å². The minimum Gasteiger partial charge on any atom is -0.339 e. The van der Waals surface area contributed by atoms with Crippen LogP contribution >= 0.6 is 0 Å². The molecule has 1 aromatic rings. The van der Waals surface area contributed by atoms with Gasteiger partial charge in [-0.1, -0.05) is 24.3 Å². The van der Waals surface area contributed by atoms with E-state index in [0.29, 0.717) is 39.3 Å². The molecule has 1 aromatic carbocycles. The Bertz CT molecular complexity index is 721. The predicted octanol–water partition coefficient (Wildman–Crippen LogP) is 1.29. The zero-order valence-electron chi connectivity index (χ0n) is 15.8. The van der Waals surface area contributed by atoms with Gasteiger partial charge in [0.1, 0.15) is 5.41 Å². The van der Waals surface area contributed by atoms with Crippen molar-refractivity contribution < 1.29 is 14.4 Å². The minimum atomic E-state index is -1.09. The zero-order chi connectivity index (χ0) is 18.9. The molecule has 6 nitrogen and oxygen atoms in total. The fraction of sp³-hybridized carbons (Fsp3) is 0.550. The van der Waals surface area contributed by atoms with Gasteiger partial charge in [-0.3, -0.25) is 14.4 Å². The van der Waals surface area contributed by atoms with Crippen molar-refractivity contribution in [2.75, 3.05) is 32.7 Å². The first kappa shape index (κ1) is 18.4. The maximum absolute atomic E-state index is 13.1. The zero-order valence-corrected chi connectivity index (χ0v) is 15.8. The summed E-state index contributed by atoms with van der Waals surface area (Å²) in [6, 6.07) is 8.15. The first-order chi connectivity index (χ1) is 12.3. The number of rotatable bonds is 2. The van der Waals surface area contributed by atoms with Crippen LogP contribution in [0.3, 0.4) is 0 Å². The summed E-state index contributed by atoms with van der Waals surface area (Å²) in [5.41, 5.74) is 1.34. The van der Waals surface area contributed by atoms with E-state index >= 15 is 0 Å². The van der Waals surface area contributed by atoms with Crippen molar-refractivity contribution in [1.82, 2.24) is 14.7 Å². The topological polar surface area (TPSA) is 60.9 Å². The summed E-state index contributed by atoms with van der Waals surface area (Å²) in [4.78, 5) is 42.8. The molecule has 6 heteroatoms. The maximum Gasteiger partial charge on any atom is 0.238 e. The van der Waals surface area contributed by atoms with E-state index in [-0.39, 0.29) is 17.7 Å². The van der Waals surface area contributed by atoms with Gasteiger partial charge in [-0.05, 0) is 31.4 Å². The van der Waals surface area contributed by atoms with E-state index in [4.69, 9.17) is 0 Å². The molecular formula is C20H27N3O3. The molecule has 3 amide bonds. The number of nitrogens with zero attached hydrogens (tertiary/aromatic N) is 3. The largest absolute Gasteiger partial charge is 0.339 e. The van der Waals surface area contributed by atoms with Crippen LogP contribution in [0, 0.1) is 5.41 Å². The Labute approximate surface area is 154 Å². The molecule has 0 unspecified atom stereocenters. The molecule has 1 saturated heterocycles. The van der Waals surface area contributed by atoms with Gasteiger partial charge in [0.25, 0.3) is 0 Å². The molecule has 0 bridgehead atoms. The number of carbonyl (C=O) groups excluding carboxylic acids is 3. The van der Waals surface area contributed by atoms with E-state index in [1.165, 1.54) is 5.56 Å². The van der Waals surface area contributed by atoms with Crippen LogP contribution in [0.15, 0.2) is 24.3 Å². The van der Waals surface area contributed by atoms with Crippen LogP contribution in [0.4, 0.5) is 0 Å². The quantitative estimate of drug-likeness (QED) is 0.750. The molecule has 2 aliphatic heterocycles. The summed E-state index contributed by atoms with van der Waals surface area (Å²) in [6.07, 6.45) is 0.823. The van der Waals surface area contributed by atoms with Crippen molar-refractivity contribution >= 4 is 17.7 Å². The molecule has 0 aliphatic carbocycles. The van der Waals surface area contributed by atoms with Gasteiger partial charge in [0.2, 0.25) is 17.7 Å². The number of amides is 3. The SMILES string of the molecule is CC(=O)N1CCN(C(=O)C(C)(C)C(=O)N2CCc3ccccc3C2)CC1. The molecule has 0 N–H and O–H groups in total. The van der Waals surface area contributed by atoms with Gasteiger partial charge >= 0.3 is 0 Å². The molecule has 0 atom stereocenters. The van der Waals surface area contributed by atoms with Crippen molar-refractivity contribution in [3.05, 3.63) is 35.4 Å². The predicted molar refractivity (Wildman–Crippen MR) is 98.2 cm³/mol. The number of hydrogen-bond donors (Lipinski definition) is 0. The second kappa shape index (κ2) is 7.09. The Morgan fingerprint density at radius 3 is 1.96 bits per heavy atom. The molecule has 140 valence electrons. The fourth-order valence-electron chi connectivity index (χ4n) is 3.78. The Morgan fingerprint density at radius 1 is 0.808 bits per heavy atom. The Hall–Kier alpha value is -2.37. The van der Waals surface area contributed by atoms with Crippen molar-refractivity contribution in [2.45, 2.75) is 33.7 Å². The first-order valence-corrected chi connectivity index (χ1v) is 9.22. The molecular weight excluding hydrogens is 330 g/mol. The third-order valence-corrected chi connectivity index (χ3v) is 5.50. The highest BCUT2D eigenvalue weighted by atomic mass is 16.2. The molecule has 0 radical (unpaired) electrons. The molecule has 0 saturated carbocycles. The second-order valence-corrected chi connectivity index (χ2v) is 7.67. The normalized spacial score (nSPS) is 17.7. The second-order valence-electron chi connectivity index (χ2n) is 7.67. The van der Waals surface area contributed by atoms with E-state index < -0.39 is 5.41 Å². The molecule has 0 aromatic heterocycles. The molecule has 26 heavy (non-hydrogen) atoms. The number of carbonyl (C=O) groups is 3. The highest BCUT2D eigenvalue weighted by molar-refractivity contribution is 6.04. The van der Waals surface area contributed by atoms with E-state index in [1.54, 1.807) is 35.5 Å². The highest BCUT2D eigenvalue weighted by Gasteiger charge is 2.43. The lowest BCUT2D eigenvalue weighted by atomic mass is 9.87. The van der Waals surface area contributed by atoms with Crippen LogP contribution in [0.5, 0.6) is 0 Å². The Kier molecular flexibility index (Phi) is 5.03. The fourth-order valence-corrected chi connectivity index (χ4v) is 3.78. The van der Waals surface area contributed by atoms with Crippen molar-refractivity contribution in [2.24, 2.45) is 5.41 Å². The van der Waals surface area contributed by atoms with E-state index in [1.807, 2.05) is 18.2 Å². The van der Waals surface area contributed by atoms with Crippen molar-refractivity contribution in [1.29, 1.82) is 0 Å². The van der Waals surface area contributed by atoms with Crippen LogP contribution in [-0.4, -0.2) is 65.1 Å². The highest BCUT2D eigenvalue weighted by Crippen LogP contribution is 2.27. The third-order valence-electron chi connectivity index (χ3n) is 5.50. The number of hydrogen-bond acceptors (Lipinski definition) is 3. The van der Waals surface area contributed by atoms with Crippen LogP contribution in [0.1, 0.15) is 31.9 Å². The number of benzene rings is 1. The molecule has 3 rings (SSSR count). The maximum atomic E-state index is 13.1. The first-order valence-electron chi connectivity index (χ1n) is 9.22. The van der Waals surface area contributed by atoms with Gasteiger partial charge in [-0.2, -0.15) is 0 Å². The van der Waals surface area contributed by atoms with Gasteiger partial charge in [-0.15, -0.1) is 0 Å². The van der Waals surface area contributed by atoms with Gasteiger partial charge in [-0.25, -0.2) is 0 Å². The smallest absolute Gasteiger partial charge is 0.238 e. The molecule has 1 fully saturated rings. The van der Waals surface area contributed by atoms with E-state index in [9.17, 15) is 14.4 Å². The van der Waals surface area contributed by atoms with Crippen LogP contribution in [0.25, 0.3) is 0 Å². The Morgan fingerprint density at radius 2 is 1.35 bits per heavy atom. The lowest BCUT2D eigenvalue weighted by molar-refractivity contribution is -0.156. The average molecular weight is 357 g/mol. The standard InChI is InChI=1S/C20H27N3O3/c1-15(24)21-10-12-22(13-11-21)18(25)20(2,3)19(26)23-9-8-16-6-4-5-7-17(16)14-23/h4-7H,8-14H2,1-3H3. The Balaban J connectivity index is 1.67. The summed E-state index contributed by atoms with van der Waals surface area (Å²) in [5, 5.41) is 0. The lowest BCUT2D eigenvalue weighted by Gasteiger charge is -2.40. The molecule has 2 heterocycles. The lowest BCUT2D eigenvalue weighted by Crippen LogP contribution is -2.56. The monoisotopic (exact) mass is 357 g/mol. The average Bonchev–Trinajstić information content (AvgIpc) is 2.66. The van der Waals surface area contributed by atoms with Gasteiger partial charge in [0, 0.05) is 46.2 Å². The van der Waals surface area contributed by atoms with Gasteiger partial charge < -0.3 is 14.7 Å². The molecule has 2 aliphatic rings. The van der Waals surface area contributed by atoms with Gasteiger partial charge in [0.05, 0.1) is 0 Å². The van der Waals surface area contributed by atoms with Crippen molar-refractivity contribution in [3.63, 3.8) is 0 Å². The summed E-state index contributed by atoms with van der Waals surface area (Å²) >= 11 is 0. The van der Waals surface area contributed by atoms with Gasteiger partial charge in [0.15, 0.2) is 0 Å². The summed E-state index contributed by atoms with van der Waals surface area (Å²) < 4.78 is 0. The third kappa shape index (κ3) is 3.45. The minimum absolute atomic E-state index is 0.0272. The number of fused-ring (bicyclic) bond motifs is 1. The van der Waals surface area contributed by atoms with E-state index in [0.717, 1.165) is 12.0 Å². The number of piperazine rings is 1. The summed E-state index contributed by atoms with van der Waals surface area (Å²) in [5.74, 6) is -0.241. The molecule has 0 spiro atoms. The van der Waals surface area contributed by atoms with Crippen LogP contribution < -0.4 is 0 Å². The summed E-state index contributed by atoms with van der Waals surface area (Å²) in [7, 11) is 0.